The van der Waals surface area contributed by atoms with Crippen molar-refractivity contribution in [3.63, 3.8) is 0 Å². The number of carbonyl (C=O) groups excluding carboxylic acids is 6. The van der Waals surface area contributed by atoms with Crippen molar-refractivity contribution in [2.45, 2.75) is 144 Å². The first-order valence-corrected chi connectivity index (χ1v) is 27.3. The lowest BCUT2D eigenvalue weighted by Crippen LogP contribution is -2.65. The van der Waals surface area contributed by atoms with Crippen LogP contribution in [0.2, 0.25) is 0 Å². The molecule has 3 fully saturated rings. The Morgan fingerprint density at radius 3 is 2.52 bits per heavy atom. The second kappa shape index (κ2) is 28.0. The molecular formula is C49H73ClN6O13S2. The predicted molar refractivity (Wildman–Crippen MR) is 269 cm³/mol. The molecule has 0 radical (unpaired) electrons. The van der Waals surface area contributed by atoms with Crippen LogP contribution in [-0.4, -0.2) is 187 Å². The van der Waals surface area contributed by atoms with Crippen LogP contribution in [0, 0.1) is 17.8 Å². The number of oxazole rings is 1. The fourth-order valence-electron chi connectivity index (χ4n) is 9.40. The maximum Gasteiger partial charge on any atom is 0.330 e. The Morgan fingerprint density at radius 1 is 1.06 bits per heavy atom. The van der Waals surface area contributed by atoms with Gasteiger partial charge in [0.1, 0.15) is 54.0 Å². The first-order valence-electron chi connectivity index (χ1n) is 24.6. The summed E-state index contributed by atoms with van der Waals surface area (Å²) in [6.07, 6.45) is 5.76. The van der Waals surface area contributed by atoms with E-state index in [1.54, 1.807) is 38.3 Å². The second-order valence-electron chi connectivity index (χ2n) is 18.9. The van der Waals surface area contributed by atoms with Crippen molar-refractivity contribution in [2.24, 2.45) is 17.8 Å². The maximum absolute atomic E-state index is 14.2. The highest BCUT2D eigenvalue weighted by molar-refractivity contribution is 8.00. The maximum atomic E-state index is 14.2. The van der Waals surface area contributed by atoms with Crippen LogP contribution in [0.1, 0.15) is 89.5 Å². The minimum atomic E-state index is -1.48. The summed E-state index contributed by atoms with van der Waals surface area (Å²) in [5.74, 6) is -2.68. The van der Waals surface area contributed by atoms with Gasteiger partial charge in [0.15, 0.2) is 5.69 Å². The number of piperidine rings is 1. The Balaban J connectivity index is 1.19. The van der Waals surface area contributed by atoms with Gasteiger partial charge in [-0.25, -0.2) is 9.78 Å². The quantitative estimate of drug-likeness (QED) is 0.104. The fraction of sp³-hybridized carbons (Fsp3) is 0.694. The average Bonchev–Trinajstić information content (AvgIpc) is 3.99. The van der Waals surface area contributed by atoms with E-state index in [4.69, 9.17) is 25.5 Å². The molecule has 0 aliphatic carbocycles. The molecule has 0 aromatic carbocycles. The van der Waals surface area contributed by atoms with Gasteiger partial charge in [-0.05, 0) is 51.4 Å². The number of aliphatic hydroxyl groups excluding tert-OH is 4. The lowest BCUT2D eigenvalue weighted by molar-refractivity contribution is -0.205. The summed E-state index contributed by atoms with van der Waals surface area (Å²) < 4.78 is 17.5. The summed E-state index contributed by atoms with van der Waals surface area (Å²) in [7, 11) is 0. The van der Waals surface area contributed by atoms with Gasteiger partial charge in [-0.1, -0.05) is 57.1 Å². The highest BCUT2D eigenvalue weighted by Crippen LogP contribution is 2.34. The molecule has 3 saturated heterocycles. The number of nitrogens with one attached hydrogen (secondary N) is 3. The molecule has 2 bridgehead atoms. The molecule has 22 heteroatoms. The minimum Gasteiger partial charge on any atom is -0.460 e. The third-order valence-corrected chi connectivity index (χ3v) is 15.9. The van der Waals surface area contributed by atoms with Crippen molar-refractivity contribution >= 4 is 70.5 Å². The number of allylic oxidation sites excluding steroid dienone is 2. The smallest absolute Gasteiger partial charge is 0.330 e. The zero-order chi connectivity index (χ0) is 51.9. The van der Waals surface area contributed by atoms with Crippen LogP contribution >= 0.6 is 35.1 Å². The molecule has 0 spiro atoms. The van der Waals surface area contributed by atoms with Crippen LogP contribution in [0.5, 0.6) is 0 Å². The van der Waals surface area contributed by atoms with Gasteiger partial charge in [0.05, 0.1) is 29.9 Å². The lowest BCUT2D eigenvalue weighted by atomic mass is 9.86. The number of nitrogens with zero attached hydrogens (tertiary/aromatic N) is 3. The largest absolute Gasteiger partial charge is 0.460 e. The van der Waals surface area contributed by atoms with Gasteiger partial charge >= 0.3 is 5.97 Å². The highest BCUT2D eigenvalue weighted by atomic mass is 35.5. The number of thioether (sulfide) groups is 2. The number of amides is 4. The van der Waals surface area contributed by atoms with E-state index >= 15 is 0 Å². The minimum absolute atomic E-state index is 0.00975. The number of aliphatic hydroxyl groups is 4. The molecule has 4 aliphatic rings. The van der Waals surface area contributed by atoms with Crippen molar-refractivity contribution in [3.8, 4) is 0 Å². The van der Waals surface area contributed by atoms with Gasteiger partial charge in [-0.3, -0.25) is 24.0 Å². The SMILES string of the molecule is CCC1CC(C(=O)NC(C(C)Cl)C2O[C@H](SC)C(O)[C@H](O)[C@H]2O)CN(CCNC(=O)CCSC2CCN3C(=O)c4coc(n4)CC(=O)C[C@H](O)C=C(C)C=CCNC(=O)C=C[C@@H](C)[C@@H](CC)OC(=O)C23)C1. The van der Waals surface area contributed by atoms with Crippen LogP contribution in [-0.2, 0) is 39.9 Å². The average molecular weight is 1050 g/mol. The van der Waals surface area contributed by atoms with Gasteiger partial charge in [0.2, 0.25) is 23.6 Å². The van der Waals surface area contributed by atoms with Crippen LogP contribution in [0.3, 0.4) is 0 Å². The topological polar surface area (TPSA) is 270 Å². The number of hydrogen-bond donors (Lipinski definition) is 7. The van der Waals surface area contributed by atoms with E-state index in [0.29, 0.717) is 50.2 Å². The zero-order valence-electron chi connectivity index (χ0n) is 41.4. The molecule has 1 aromatic rings. The van der Waals surface area contributed by atoms with E-state index in [1.165, 1.54) is 40.6 Å². The first-order chi connectivity index (χ1) is 33.8. The molecule has 5 rings (SSSR count). The summed E-state index contributed by atoms with van der Waals surface area (Å²) in [5.41, 5.74) is -0.227. The van der Waals surface area contributed by atoms with Crippen LogP contribution in [0.25, 0.3) is 0 Å². The normalized spacial score (nSPS) is 31.8. The summed E-state index contributed by atoms with van der Waals surface area (Å²) >= 11 is 9.09. The summed E-state index contributed by atoms with van der Waals surface area (Å²) in [5, 5.41) is 49.8. The number of halogens is 1. The number of likely N-dealkylation sites (tertiary alicyclic amines) is 1. The second-order valence-corrected chi connectivity index (χ2v) is 21.8. The van der Waals surface area contributed by atoms with Crippen molar-refractivity contribution in [1.82, 2.24) is 30.7 Å². The van der Waals surface area contributed by atoms with Crippen molar-refractivity contribution in [3.05, 3.63) is 53.8 Å². The molecule has 7 N–H and O–H groups in total. The Labute approximate surface area is 429 Å². The van der Waals surface area contributed by atoms with E-state index in [9.17, 15) is 49.2 Å². The van der Waals surface area contributed by atoms with Gasteiger partial charge in [0.25, 0.3) is 5.91 Å². The zero-order valence-corrected chi connectivity index (χ0v) is 43.8. The molecule has 396 valence electrons. The number of cyclic esters (lactones) is 1. The number of rotatable bonds is 14. The monoisotopic (exact) mass is 1050 g/mol. The molecule has 4 aliphatic heterocycles. The standard InChI is InChI=1S/C49H73ClN6O13S2/c1-7-30-21-31(46(64)54-40(29(5)50)45-43(62)42(61)44(63)49(69-45)70-6)25-55(24-30)18-16-52-38(60)14-19-71-36-13-17-56-41(36)48(66)68-35(8-2)28(4)11-12-37(59)51-15-9-10-27(3)20-32(57)22-33(58)23-39-53-34(26-67-39)47(56)65/h9-12,20,26,28-32,35-36,40-45,49,57,61-63H,7-8,13-19,21-25H2,1-6H3,(H,51,59)(H,52,60)(H,54,64)/t28-,29?,30?,31?,32-,35-,36?,40?,41?,42-,43-,44?,45?,49-/m1/s1. The number of hydrogen-bond acceptors (Lipinski definition) is 17. The number of ether oxygens (including phenoxy) is 2. The van der Waals surface area contributed by atoms with Gasteiger partial charge in [-0.2, -0.15) is 11.8 Å². The number of Topliss-reactive ketones (excluding diaryl/α,β-unsaturated/α-hetero) is 1. The molecule has 8 unspecified atom stereocenters. The van der Waals surface area contributed by atoms with Crippen molar-refractivity contribution in [2.75, 3.05) is 51.3 Å². The molecule has 0 saturated carbocycles. The number of fused-ring (bicyclic) bond motifs is 3. The number of esters is 1. The Hall–Kier alpha value is -3.80. The van der Waals surface area contributed by atoms with Gasteiger partial charge in [-0.15, -0.1) is 23.4 Å². The molecule has 14 atom stereocenters. The summed E-state index contributed by atoms with van der Waals surface area (Å²) in [6, 6.07) is -1.90. The van der Waals surface area contributed by atoms with E-state index in [-0.39, 0.29) is 79.3 Å². The van der Waals surface area contributed by atoms with Gasteiger partial charge < -0.3 is 60.1 Å². The Kier molecular flexibility index (Phi) is 22.9. The van der Waals surface area contributed by atoms with Crippen molar-refractivity contribution in [1.29, 1.82) is 0 Å². The van der Waals surface area contributed by atoms with Crippen LogP contribution in [0.4, 0.5) is 0 Å². The van der Waals surface area contributed by atoms with E-state index in [1.807, 2.05) is 13.8 Å². The van der Waals surface area contributed by atoms with Crippen LogP contribution in [0.15, 0.2) is 46.6 Å². The Bertz CT molecular complexity index is 2070. The fourth-order valence-corrected chi connectivity index (χ4v) is 11.6. The predicted octanol–water partition coefficient (Wildman–Crippen LogP) is 2.14. The number of ketones is 1. The molecule has 19 nitrogen and oxygen atoms in total. The first kappa shape index (κ1) is 58.1. The third kappa shape index (κ3) is 16.6. The van der Waals surface area contributed by atoms with E-state index in [2.05, 4.69) is 32.8 Å². The molecule has 1 aromatic heterocycles. The number of aromatic nitrogens is 1. The van der Waals surface area contributed by atoms with E-state index < -0.39 is 82.6 Å². The lowest BCUT2D eigenvalue weighted by Gasteiger charge is -2.44. The number of alkyl halides is 1. The summed E-state index contributed by atoms with van der Waals surface area (Å²) in [4.78, 5) is 88.5. The van der Waals surface area contributed by atoms with Gasteiger partial charge in [0, 0.05) is 69.0 Å². The van der Waals surface area contributed by atoms with Crippen LogP contribution < -0.4 is 16.0 Å². The summed E-state index contributed by atoms with van der Waals surface area (Å²) in [6.45, 7) is 11.5. The third-order valence-electron chi connectivity index (χ3n) is 13.4. The Morgan fingerprint density at radius 2 is 1.82 bits per heavy atom. The highest BCUT2D eigenvalue weighted by Gasteiger charge is 2.49. The number of carbonyl (C=O) groups is 6. The van der Waals surface area contributed by atoms with Crippen molar-refractivity contribution < 1.29 is 63.1 Å². The van der Waals surface area contributed by atoms with E-state index in [0.717, 1.165) is 19.2 Å². The molecule has 4 amide bonds. The molecular weight excluding hydrogens is 980 g/mol. The molecule has 5 heterocycles. The molecule has 71 heavy (non-hydrogen) atoms.